The van der Waals surface area contributed by atoms with Gasteiger partial charge in [0.05, 0.1) is 17.9 Å². The van der Waals surface area contributed by atoms with E-state index in [4.69, 9.17) is 5.73 Å². The highest BCUT2D eigenvalue weighted by Gasteiger charge is 2.27. The fourth-order valence-electron chi connectivity index (χ4n) is 1.44. The van der Waals surface area contributed by atoms with Gasteiger partial charge >= 0.3 is 6.03 Å². The molecule has 1 aromatic carbocycles. The number of benzene rings is 1. The summed E-state index contributed by atoms with van der Waals surface area (Å²) in [5, 5.41) is 2.90. The van der Waals surface area contributed by atoms with Crippen LogP contribution in [0.15, 0.2) is 24.3 Å². The molecule has 1 aliphatic heterocycles. The molecule has 0 fully saturated rings. The van der Waals surface area contributed by atoms with Crippen molar-refractivity contribution >= 4 is 23.3 Å². The second kappa shape index (κ2) is 3.02. The van der Waals surface area contributed by atoms with E-state index in [1.807, 2.05) is 6.07 Å². The van der Waals surface area contributed by atoms with Crippen LogP contribution in [-0.2, 0) is 4.79 Å². The van der Waals surface area contributed by atoms with E-state index in [1.54, 1.807) is 18.2 Å². The molecule has 14 heavy (non-hydrogen) atoms. The number of carbonyl (C=O) groups excluding carboxylic acids is 2. The summed E-state index contributed by atoms with van der Waals surface area (Å²) in [6.07, 6.45) is 0. The molecule has 0 radical (unpaired) electrons. The number of para-hydroxylation sites is 2. The van der Waals surface area contributed by atoms with Crippen LogP contribution in [0.1, 0.15) is 0 Å². The number of urea groups is 1. The summed E-state index contributed by atoms with van der Waals surface area (Å²) in [4.78, 5) is 23.4. The first-order valence-corrected chi connectivity index (χ1v) is 4.15. The van der Waals surface area contributed by atoms with E-state index < -0.39 is 6.03 Å². The number of hydrogen-bond donors (Lipinski definition) is 2. The van der Waals surface area contributed by atoms with E-state index in [-0.39, 0.29) is 12.5 Å². The molecular formula is C9H9N3O2. The molecule has 0 aromatic heterocycles. The summed E-state index contributed by atoms with van der Waals surface area (Å²) in [7, 11) is 0. The van der Waals surface area contributed by atoms with E-state index >= 15 is 0 Å². The van der Waals surface area contributed by atoms with Gasteiger partial charge in [0.15, 0.2) is 0 Å². The maximum atomic E-state index is 11.4. The SMILES string of the molecule is NC(=O)N1C(=O)CNc2ccccc21. The Bertz CT molecular complexity index is 403. The molecule has 0 saturated carbocycles. The lowest BCUT2D eigenvalue weighted by molar-refractivity contribution is -0.116. The Kier molecular flexibility index (Phi) is 1.85. The predicted molar refractivity (Wildman–Crippen MR) is 52.0 cm³/mol. The number of imide groups is 1. The summed E-state index contributed by atoms with van der Waals surface area (Å²) >= 11 is 0. The fourth-order valence-corrected chi connectivity index (χ4v) is 1.44. The lowest BCUT2D eigenvalue weighted by atomic mass is 10.2. The number of nitrogens with two attached hydrogens (primary N) is 1. The van der Waals surface area contributed by atoms with Gasteiger partial charge in [-0.1, -0.05) is 12.1 Å². The quantitative estimate of drug-likeness (QED) is 0.627. The minimum atomic E-state index is -0.746. The zero-order chi connectivity index (χ0) is 10.1. The summed E-state index contributed by atoms with van der Waals surface area (Å²) < 4.78 is 0. The van der Waals surface area contributed by atoms with Crippen LogP contribution >= 0.6 is 0 Å². The van der Waals surface area contributed by atoms with E-state index in [2.05, 4.69) is 5.32 Å². The molecule has 1 aromatic rings. The second-order valence-electron chi connectivity index (χ2n) is 2.94. The average Bonchev–Trinajstić information content (AvgIpc) is 2.17. The monoisotopic (exact) mass is 191 g/mol. The van der Waals surface area contributed by atoms with Crippen molar-refractivity contribution in [3.63, 3.8) is 0 Å². The normalized spacial score (nSPS) is 14.6. The molecule has 3 N–H and O–H groups in total. The van der Waals surface area contributed by atoms with Crippen LogP contribution in [0.5, 0.6) is 0 Å². The van der Waals surface area contributed by atoms with E-state index in [1.165, 1.54) is 0 Å². The largest absolute Gasteiger partial charge is 0.374 e. The standard InChI is InChI=1S/C9H9N3O2/c10-9(14)12-7-4-2-1-3-6(7)11-5-8(12)13/h1-4,11H,5H2,(H2,10,14). The Labute approximate surface area is 80.5 Å². The van der Waals surface area contributed by atoms with Crippen molar-refractivity contribution in [3.05, 3.63) is 24.3 Å². The Hall–Kier alpha value is -2.04. The minimum absolute atomic E-state index is 0.0972. The molecule has 0 bridgehead atoms. The number of nitrogens with zero attached hydrogens (tertiary/aromatic N) is 1. The lowest BCUT2D eigenvalue weighted by Crippen LogP contribution is -2.46. The Morgan fingerprint density at radius 3 is 2.86 bits per heavy atom. The first-order chi connectivity index (χ1) is 6.70. The number of primary amides is 1. The van der Waals surface area contributed by atoms with E-state index in [9.17, 15) is 9.59 Å². The van der Waals surface area contributed by atoms with Gasteiger partial charge in [-0.3, -0.25) is 4.79 Å². The number of rotatable bonds is 0. The topological polar surface area (TPSA) is 75.4 Å². The Morgan fingerprint density at radius 1 is 1.43 bits per heavy atom. The summed E-state index contributed by atoms with van der Waals surface area (Å²) in [6.45, 7) is 0.0972. The summed E-state index contributed by atoms with van der Waals surface area (Å²) in [6, 6.07) is 6.28. The van der Waals surface area contributed by atoms with Crippen LogP contribution in [0, 0.1) is 0 Å². The molecular weight excluding hydrogens is 182 g/mol. The van der Waals surface area contributed by atoms with Gasteiger partial charge in [0.1, 0.15) is 0 Å². The predicted octanol–water partition coefficient (Wildman–Crippen LogP) is 0.524. The van der Waals surface area contributed by atoms with Crippen molar-refractivity contribution in [2.45, 2.75) is 0 Å². The summed E-state index contributed by atoms with van der Waals surface area (Å²) in [5.74, 6) is -0.337. The van der Waals surface area contributed by atoms with Crippen LogP contribution in [0.4, 0.5) is 16.2 Å². The van der Waals surface area contributed by atoms with Gasteiger partial charge < -0.3 is 11.1 Å². The van der Waals surface area contributed by atoms with Crippen molar-refractivity contribution in [2.75, 3.05) is 16.8 Å². The van der Waals surface area contributed by atoms with Crippen LogP contribution < -0.4 is 16.0 Å². The zero-order valence-electron chi connectivity index (χ0n) is 7.36. The smallest absolute Gasteiger partial charge is 0.326 e. The molecule has 5 nitrogen and oxygen atoms in total. The summed E-state index contributed by atoms with van der Waals surface area (Å²) in [5.41, 5.74) is 6.36. The van der Waals surface area contributed by atoms with Gasteiger partial charge in [-0.15, -0.1) is 0 Å². The molecule has 1 heterocycles. The third kappa shape index (κ3) is 1.19. The van der Waals surface area contributed by atoms with Gasteiger partial charge in [-0.25, -0.2) is 9.69 Å². The van der Waals surface area contributed by atoms with Crippen molar-refractivity contribution in [1.82, 2.24) is 0 Å². The van der Waals surface area contributed by atoms with Crippen molar-refractivity contribution < 1.29 is 9.59 Å². The third-order valence-electron chi connectivity index (χ3n) is 2.04. The zero-order valence-corrected chi connectivity index (χ0v) is 7.36. The van der Waals surface area contributed by atoms with Crippen LogP contribution in [0.3, 0.4) is 0 Å². The second-order valence-corrected chi connectivity index (χ2v) is 2.94. The first-order valence-electron chi connectivity index (χ1n) is 4.15. The molecule has 0 saturated heterocycles. The van der Waals surface area contributed by atoms with Gasteiger partial charge in [0.2, 0.25) is 0 Å². The highest BCUT2D eigenvalue weighted by Crippen LogP contribution is 2.28. The highest BCUT2D eigenvalue weighted by atomic mass is 16.2. The van der Waals surface area contributed by atoms with Gasteiger partial charge in [0, 0.05) is 0 Å². The maximum Gasteiger partial charge on any atom is 0.326 e. The third-order valence-corrected chi connectivity index (χ3v) is 2.04. The Balaban J connectivity index is 2.51. The molecule has 72 valence electrons. The number of fused-ring (bicyclic) bond motifs is 1. The molecule has 1 aliphatic rings. The number of hydrogen-bond acceptors (Lipinski definition) is 3. The molecule has 0 spiro atoms. The van der Waals surface area contributed by atoms with E-state index in [0.717, 1.165) is 10.6 Å². The number of anilines is 2. The molecule has 5 heteroatoms. The van der Waals surface area contributed by atoms with Crippen molar-refractivity contribution in [3.8, 4) is 0 Å². The molecule has 0 aliphatic carbocycles. The van der Waals surface area contributed by atoms with Gasteiger partial charge in [0.25, 0.3) is 5.91 Å². The maximum absolute atomic E-state index is 11.4. The number of nitrogens with one attached hydrogen (secondary N) is 1. The highest BCUT2D eigenvalue weighted by molar-refractivity contribution is 6.18. The van der Waals surface area contributed by atoms with Crippen LogP contribution in [0.2, 0.25) is 0 Å². The van der Waals surface area contributed by atoms with Gasteiger partial charge in [-0.2, -0.15) is 0 Å². The van der Waals surface area contributed by atoms with Crippen molar-refractivity contribution in [1.29, 1.82) is 0 Å². The fraction of sp³-hybridized carbons (Fsp3) is 0.111. The van der Waals surface area contributed by atoms with Crippen molar-refractivity contribution in [2.24, 2.45) is 5.73 Å². The first kappa shape index (κ1) is 8.55. The van der Waals surface area contributed by atoms with E-state index in [0.29, 0.717) is 5.69 Å². The average molecular weight is 191 g/mol. The molecule has 0 unspecified atom stereocenters. The molecule has 2 rings (SSSR count). The van der Waals surface area contributed by atoms with Crippen LogP contribution in [0.25, 0.3) is 0 Å². The number of carbonyl (C=O) groups is 2. The lowest BCUT2D eigenvalue weighted by Gasteiger charge is -2.26. The molecule has 0 atom stereocenters. The Morgan fingerprint density at radius 2 is 2.14 bits per heavy atom. The van der Waals surface area contributed by atoms with Crippen LogP contribution in [-0.4, -0.2) is 18.5 Å². The number of amides is 3. The van der Waals surface area contributed by atoms with Gasteiger partial charge in [-0.05, 0) is 12.1 Å². The molecule has 3 amide bonds. The minimum Gasteiger partial charge on any atom is -0.374 e.